The highest BCUT2D eigenvalue weighted by molar-refractivity contribution is 7.47. The quantitative estimate of drug-likeness (QED) is 0.0288. The summed E-state index contributed by atoms with van der Waals surface area (Å²) >= 11 is 0. The second-order valence-corrected chi connectivity index (χ2v) is 14.9. The highest BCUT2D eigenvalue weighted by Gasteiger charge is 2.26. The Morgan fingerprint density at radius 2 is 1.08 bits per heavy atom. The molecule has 1 N–H and O–H groups in total. The van der Waals surface area contributed by atoms with Crippen LogP contribution in [0.15, 0.2) is 72.9 Å². The molecule has 0 aromatic rings. The van der Waals surface area contributed by atoms with E-state index >= 15 is 0 Å². The van der Waals surface area contributed by atoms with Gasteiger partial charge in [0.25, 0.3) is 0 Å². The van der Waals surface area contributed by atoms with Crippen LogP contribution in [-0.4, -0.2) is 68.3 Å². The van der Waals surface area contributed by atoms with E-state index < -0.39 is 32.5 Å². The van der Waals surface area contributed by atoms with Crippen molar-refractivity contribution in [3.05, 3.63) is 72.9 Å². The number of unbranched alkanes of at least 4 members (excludes halogenated alkanes) is 10. The summed E-state index contributed by atoms with van der Waals surface area (Å²) in [7, 11) is -0.747. The first kappa shape index (κ1) is 50.5. The van der Waals surface area contributed by atoms with Gasteiger partial charge in [-0.25, -0.2) is 4.57 Å². The number of allylic oxidation sites excluding steroid dienone is 12. The highest BCUT2D eigenvalue weighted by atomic mass is 31.2. The van der Waals surface area contributed by atoms with Crippen LogP contribution in [0.25, 0.3) is 0 Å². The minimum atomic E-state index is -4.37. The molecule has 0 aromatic heterocycles. The van der Waals surface area contributed by atoms with Gasteiger partial charge in [-0.15, -0.1) is 0 Å². The number of carbonyl (C=O) groups excluding carboxylic acids is 2. The normalized spacial score (nSPS) is 14.2. The third-order valence-corrected chi connectivity index (χ3v) is 9.03. The molecule has 0 aliphatic heterocycles. The molecule has 0 bridgehead atoms. The summed E-state index contributed by atoms with van der Waals surface area (Å²) in [6.45, 7) is 4.09. The molecule has 0 saturated carbocycles. The van der Waals surface area contributed by atoms with Crippen LogP contribution in [0.2, 0.25) is 0 Å². The molecule has 2 atom stereocenters. The first-order valence-corrected chi connectivity index (χ1v) is 21.7. The average molecular weight is 764 g/mol. The van der Waals surface area contributed by atoms with Crippen LogP contribution in [0.4, 0.5) is 0 Å². The van der Waals surface area contributed by atoms with E-state index in [0.29, 0.717) is 19.4 Å². The van der Waals surface area contributed by atoms with Gasteiger partial charge in [0.15, 0.2) is 6.10 Å². The third-order valence-electron chi connectivity index (χ3n) is 8.04. The van der Waals surface area contributed by atoms with Gasteiger partial charge in [-0.2, -0.15) is 0 Å². The summed E-state index contributed by atoms with van der Waals surface area (Å²) in [5.41, 5.74) is 0. The van der Waals surface area contributed by atoms with Gasteiger partial charge in [-0.05, 0) is 65.5 Å². The fourth-order valence-corrected chi connectivity index (χ4v) is 5.69. The van der Waals surface area contributed by atoms with Crippen molar-refractivity contribution in [2.45, 2.75) is 148 Å². The van der Waals surface area contributed by atoms with E-state index in [-0.39, 0.29) is 26.1 Å². The van der Waals surface area contributed by atoms with Crippen molar-refractivity contribution in [2.75, 3.05) is 40.5 Å². The van der Waals surface area contributed by atoms with Gasteiger partial charge < -0.3 is 19.3 Å². The maximum Gasteiger partial charge on any atom is 0.472 e. The fraction of sp³-hybridized carbons (Fsp3) is 0.674. The third kappa shape index (κ3) is 39.0. The molecule has 10 heteroatoms. The van der Waals surface area contributed by atoms with Crippen LogP contribution < -0.4 is 0 Å². The van der Waals surface area contributed by atoms with Crippen molar-refractivity contribution in [1.29, 1.82) is 0 Å². The first-order chi connectivity index (χ1) is 25.7. The zero-order valence-electron chi connectivity index (χ0n) is 33.7. The van der Waals surface area contributed by atoms with Gasteiger partial charge in [0, 0.05) is 19.4 Å². The van der Waals surface area contributed by atoms with E-state index in [1.165, 1.54) is 44.9 Å². The minimum Gasteiger partial charge on any atom is -0.462 e. The van der Waals surface area contributed by atoms with Crippen LogP contribution in [0.5, 0.6) is 0 Å². The largest absolute Gasteiger partial charge is 0.472 e. The molecule has 0 spiro atoms. The molecule has 0 radical (unpaired) electrons. The van der Waals surface area contributed by atoms with Crippen molar-refractivity contribution in [1.82, 2.24) is 4.90 Å². The van der Waals surface area contributed by atoms with Crippen LogP contribution in [0, 0.1) is 0 Å². The molecule has 0 saturated heterocycles. The van der Waals surface area contributed by atoms with E-state index in [1.54, 1.807) is 4.90 Å². The SMILES string of the molecule is CC/C=C\C/C=C\C/C=C\C/C=C\C/C=C\C/C=C\CCC(=O)OCC(COP(=O)(O)OCCN(C)C)OC(=O)CCCCCCCCCCCCC. The first-order valence-electron chi connectivity index (χ1n) is 20.2. The number of phosphoric acid groups is 1. The fourth-order valence-electron chi connectivity index (χ4n) is 4.95. The van der Waals surface area contributed by atoms with Crippen molar-refractivity contribution in [2.24, 2.45) is 0 Å². The molecule has 0 amide bonds. The molecule has 0 aromatic carbocycles. The lowest BCUT2D eigenvalue weighted by Gasteiger charge is -2.20. The number of likely N-dealkylation sites (N-methyl/N-ethyl adjacent to an activating group) is 1. The predicted molar refractivity (Wildman–Crippen MR) is 220 cm³/mol. The van der Waals surface area contributed by atoms with Gasteiger partial charge in [-0.1, -0.05) is 151 Å². The molecule has 0 aliphatic carbocycles. The molecule has 0 aliphatic rings. The van der Waals surface area contributed by atoms with E-state index in [9.17, 15) is 19.0 Å². The average Bonchev–Trinajstić information content (AvgIpc) is 3.12. The monoisotopic (exact) mass is 764 g/mol. The molecule has 0 rings (SSSR count). The van der Waals surface area contributed by atoms with Crippen LogP contribution in [-0.2, 0) is 32.7 Å². The number of ether oxygens (including phenoxy) is 2. The summed E-state index contributed by atoms with van der Waals surface area (Å²) < 4.78 is 33.3. The Hall–Kier alpha value is -2.55. The Labute approximate surface area is 323 Å². The van der Waals surface area contributed by atoms with E-state index in [2.05, 4.69) is 74.6 Å². The van der Waals surface area contributed by atoms with Crippen molar-refractivity contribution in [3.8, 4) is 0 Å². The lowest BCUT2D eigenvalue weighted by atomic mass is 10.1. The summed E-state index contributed by atoms with van der Waals surface area (Å²) in [6.07, 6.45) is 43.9. The summed E-state index contributed by atoms with van der Waals surface area (Å²) in [6, 6.07) is 0. The molecule has 304 valence electrons. The lowest BCUT2D eigenvalue weighted by Crippen LogP contribution is -2.29. The number of nitrogens with zero attached hydrogens (tertiary/aromatic N) is 1. The van der Waals surface area contributed by atoms with Crippen LogP contribution in [0.3, 0.4) is 0 Å². The second-order valence-electron chi connectivity index (χ2n) is 13.4. The van der Waals surface area contributed by atoms with Gasteiger partial charge >= 0.3 is 19.8 Å². The Morgan fingerprint density at radius 1 is 0.604 bits per heavy atom. The summed E-state index contributed by atoms with van der Waals surface area (Å²) in [5, 5.41) is 0. The minimum absolute atomic E-state index is 0.00628. The Morgan fingerprint density at radius 3 is 1.57 bits per heavy atom. The van der Waals surface area contributed by atoms with Crippen LogP contribution >= 0.6 is 7.82 Å². The number of hydrogen-bond donors (Lipinski definition) is 1. The van der Waals surface area contributed by atoms with Crippen LogP contribution in [0.1, 0.15) is 142 Å². The van der Waals surface area contributed by atoms with Crippen molar-refractivity contribution < 1.29 is 37.6 Å². The molecule has 2 unspecified atom stereocenters. The summed E-state index contributed by atoms with van der Waals surface area (Å²) in [4.78, 5) is 36.8. The van der Waals surface area contributed by atoms with Crippen molar-refractivity contribution >= 4 is 19.8 Å². The Kier molecular flexibility index (Phi) is 35.9. The number of carbonyl (C=O) groups is 2. The van der Waals surface area contributed by atoms with Gasteiger partial charge in [0.1, 0.15) is 6.61 Å². The maximum absolute atomic E-state index is 12.6. The molecule has 0 fully saturated rings. The van der Waals surface area contributed by atoms with Gasteiger partial charge in [-0.3, -0.25) is 18.6 Å². The zero-order valence-corrected chi connectivity index (χ0v) is 34.6. The number of rotatable bonds is 36. The zero-order chi connectivity index (χ0) is 39.1. The number of hydrogen-bond acceptors (Lipinski definition) is 8. The number of phosphoric ester groups is 1. The van der Waals surface area contributed by atoms with E-state index in [1.807, 2.05) is 26.2 Å². The maximum atomic E-state index is 12.6. The van der Waals surface area contributed by atoms with Gasteiger partial charge in [0.2, 0.25) is 0 Å². The topological polar surface area (TPSA) is 112 Å². The molecular weight excluding hydrogens is 689 g/mol. The van der Waals surface area contributed by atoms with Gasteiger partial charge in [0.05, 0.1) is 13.2 Å². The molecular formula is C43H74NO8P. The number of esters is 2. The molecule has 53 heavy (non-hydrogen) atoms. The molecule has 9 nitrogen and oxygen atoms in total. The smallest absolute Gasteiger partial charge is 0.462 e. The lowest BCUT2D eigenvalue weighted by molar-refractivity contribution is -0.161. The van der Waals surface area contributed by atoms with E-state index in [4.69, 9.17) is 18.5 Å². The Balaban J connectivity index is 4.45. The summed E-state index contributed by atoms with van der Waals surface area (Å²) in [5.74, 6) is -0.907. The van der Waals surface area contributed by atoms with Crippen molar-refractivity contribution in [3.63, 3.8) is 0 Å². The van der Waals surface area contributed by atoms with E-state index in [0.717, 1.165) is 57.8 Å². The standard InChI is InChI=1S/C43H74NO8P/c1-5-7-9-11-13-15-17-18-19-20-21-22-23-24-26-27-29-31-33-35-42(45)49-39-41(40-51-53(47,48)50-38-37-44(3)4)52-43(46)36-34-32-30-28-25-16-14-12-10-8-6-2/h7,9,13,15,18-19,21-22,24,26,29,31,41H,5-6,8,10-12,14,16-17,20,23,25,27-28,30,32-40H2,1-4H3,(H,47,48)/b9-7-,15-13-,19-18-,22-21-,26-24-,31-29-. The highest BCUT2D eigenvalue weighted by Crippen LogP contribution is 2.43. The second kappa shape index (κ2) is 37.8. The Bertz CT molecular complexity index is 1110. The predicted octanol–water partition coefficient (Wildman–Crippen LogP) is 11.3. The molecule has 0 heterocycles.